The van der Waals surface area contributed by atoms with Gasteiger partial charge in [0.1, 0.15) is 0 Å². The molecule has 0 radical (unpaired) electrons. The van der Waals surface area contributed by atoms with Crippen LogP contribution in [0.4, 0.5) is 17.1 Å². The van der Waals surface area contributed by atoms with Crippen molar-refractivity contribution in [2.75, 3.05) is 11.1 Å². The van der Waals surface area contributed by atoms with Crippen LogP contribution in [-0.4, -0.2) is 22.4 Å². The van der Waals surface area contributed by atoms with E-state index in [1.54, 1.807) is 0 Å². The third-order valence-electron chi connectivity index (χ3n) is 4.96. The first-order valence-corrected chi connectivity index (χ1v) is 11.3. The van der Waals surface area contributed by atoms with Crippen molar-refractivity contribution >= 4 is 45.5 Å². The van der Waals surface area contributed by atoms with Crippen molar-refractivity contribution in [2.45, 2.75) is 27.2 Å². The van der Waals surface area contributed by atoms with Crippen molar-refractivity contribution in [1.29, 1.82) is 0 Å². The molecule has 0 unspecified atom stereocenters. The number of aliphatic imine (C=N–C) groups is 2. The maximum atomic E-state index is 12.6. The SMILES string of the molecule is Cc1ccc(C2=Nc3ccccc3N=C(SCC(=O)Nc3cc(C)cc(C)c3)C2)cc1. The summed E-state index contributed by atoms with van der Waals surface area (Å²) in [5.74, 6) is 0.263. The van der Waals surface area contributed by atoms with Gasteiger partial charge >= 0.3 is 0 Å². The van der Waals surface area contributed by atoms with E-state index in [4.69, 9.17) is 9.98 Å². The van der Waals surface area contributed by atoms with E-state index in [0.29, 0.717) is 12.2 Å². The molecule has 4 rings (SSSR count). The number of nitrogens with zero attached hydrogens (tertiary/aromatic N) is 2. The number of fused-ring (bicyclic) bond motifs is 1. The summed E-state index contributed by atoms with van der Waals surface area (Å²) in [5.41, 5.74) is 8.04. The number of hydrogen-bond donors (Lipinski definition) is 1. The quantitative estimate of drug-likeness (QED) is 0.514. The Bertz CT molecular complexity index is 1160. The number of benzene rings is 3. The summed E-state index contributed by atoms with van der Waals surface area (Å²) in [6, 6.07) is 22.3. The zero-order valence-electron chi connectivity index (χ0n) is 18.0. The number of hydrogen-bond acceptors (Lipinski definition) is 4. The number of aryl methyl sites for hydroxylation is 3. The summed E-state index contributed by atoms with van der Waals surface area (Å²) in [6.45, 7) is 6.13. The molecule has 1 amide bonds. The second-order valence-corrected chi connectivity index (χ2v) is 8.86. The second-order valence-electron chi connectivity index (χ2n) is 7.81. The van der Waals surface area contributed by atoms with Gasteiger partial charge in [-0.3, -0.25) is 9.79 Å². The largest absolute Gasteiger partial charge is 0.325 e. The monoisotopic (exact) mass is 427 g/mol. The fourth-order valence-electron chi connectivity index (χ4n) is 3.54. The van der Waals surface area contributed by atoms with Crippen LogP contribution in [0.3, 0.4) is 0 Å². The molecule has 0 atom stereocenters. The van der Waals surface area contributed by atoms with Gasteiger partial charge in [-0.25, -0.2) is 4.99 Å². The zero-order valence-corrected chi connectivity index (χ0v) is 18.8. The van der Waals surface area contributed by atoms with Crippen LogP contribution >= 0.6 is 11.8 Å². The van der Waals surface area contributed by atoms with Crippen LogP contribution in [0.25, 0.3) is 0 Å². The lowest BCUT2D eigenvalue weighted by atomic mass is 10.1. The summed E-state index contributed by atoms with van der Waals surface area (Å²) in [4.78, 5) is 22.3. The lowest BCUT2D eigenvalue weighted by molar-refractivity contribution is -0.113. The van der Waals surface area contributed by atoms with Crippen LogP contribution in [0.5, 0.6) is 0 Å². The minimum atomic E-state index is -0.0379. The minimum absolute atomic E-state index is 0.0379. The highest BCUT2D eigenvalue weighted by atomic mass is 32.2. The molecule has 3 aromatic rings. The normalized spacial score (nSPS) is 13.0. The van der Waals surface area contributed by atoms with Crippen molar-refractivity contribution < 1.29 is 4.79 Å². The third kappa shape index (κ3) is 5.50. The zero-order chi connectivity index (χ0) is 21.8. The van der Waals surface area contributed by atoms with E-state index >= 15 is 0 Å². The Morgan fingerprint density at radius 2 is 1.52 bits per heavy atom. The number of nitrogens with one attached hydrogen (secondary N) is 1. The highest BCUT2D eigenvalue weighted by molar-refractivity contribution is 8.14. The van der Waals surface area contributed by atoms with Gasteiger partial charge in [0.2, 0.25) is 5.91 Å². The predicted molar refractivity (Wildman–Crippen MR) is 133 cm³/mol. The molecule has 1 N–H and O–H groups in total. The fourth-order valence-corrected chi connectivity index (χ4v) is 4.32. The van der Waals surface area contributed by atoms with Gasteiger partial charge in [0.15, 0.2) is 0 Å². The van der Waals surface area contributed by atoms with Crippen molar-refractivity contribution in [1.82, 2.24) is 0 Å². The smallest absolute Gasteiger partial charge is 0.234 e. The van der Waals surface area contributed by atoms with Crippen LogP contribution in [0.1, 0.15) is 28.7 Å². The Morgan fingerprint density at radius 1 is 0.871 bits per heavy atom. The van der Waals surface area contributed by atoms with E-state index in [0.717, 1.165) is 44.5 Å². The molecule has 0 spiro atoms. The average Bonchev–Trinajstić information content (AvgIpc) is 2.91. The lowest BCUT2D eigenvalue weighted by Crippen LogP contribution is -2.16. The van der Waals surface area contributed by atoms with E-state index in [9.17, 15) is 4.79 Å². The summed E-state index contributed by atoms with van der Waals surface area (Å²) < 4.78 is 0. The molecule has 31 heavy (non-hydrogen) atoms. The Labute approximate surface area is 187 Å². The summed E-state index contributed by atoms with van der Waals surface area (Å²) in [6.07, 6.45) is 0.596. The maximum absolute atomic E-state index is 12.6. The molecule has 4 nitrogen and oxygen atoms in total. The van der Waals surface area contributed by atoms with Gasteiger partial charge in [0, 0.05) is 12.1 Å². The third-order valence-corrected chi connectivity index (χ3v) is 5.94. The van der Waals surface area contributed by atoms with Crippen molar-refractivity contribution in [2.24, 2.45) is 9.98 Å². The summed E-state index contributed by atoms with van der Waals surface area (Å²) in [5, 5.41) is 3.89. The molecule has 0 aromatic heterocycles. The molecule has 0 bridgehead atoms. The Balaban J connectivity index is 1.52. The van der Waals surface area contributed by atoms with E-state index in [1.165, 1.54) is 17.3 Å². The van der Waals surface area contributed by atoms with Gasteiger partial charge in [-0.1, -0.05) is 48.0 Å². The van der Waals surface area contributed by atoms with Crippen molar-refractivity contribution in [3.05, 3.63) is 89.0 Å². The molecule has 0 aliphatic carbocycles. The predicted octanol–water partition coefficient (Wildman–Crippen LogP) is 6.54. The number of thioether (sulfide) groups is 1. The van der Waals surface area contributed by atoms with E-state index in [1.807, 2.05) is 50.2 Å². The maximum Gasteiger partial charge on any atom is 0.234 e. The molecule has 0 fully saturated rings. The Kier molecular flexibility index (Phi) is 6.33. The highest BCUT2D eigenvalue weighted by Gasteiger charge is 2.16. The molecule has 0 saturated carbocycles. The lowest BCUT2D eigenvalue weighted by Gasteiger charge is -2.09. The van der Waals surface area contributed by atoms with E-state index in [2.05, 4.69) is 42.6 Å². The molecule has 0 saturated heterocycles. The van der Waals surface area contributed by atoms with Crippen LogP contribution in [0.2, 0.25) is 0 Å². The van der Waals surface area contributed by atoms with Crippen LogP contribution in [-0.2, 0) is 4.79 Å². The van der Waals surface area contributed by atoms with Crippen LogP contribution in [0, 0.1) is 20.8 Å². The number of rotatable bonds is 4. The second kappa shape index (κ2) is 9.31. The highest BCUT2D eigenvalue weighted by Crippen LogP contribution is 2.33. The standard InChI is InChI=1S/C26H25N3OS/c1-17-8-10-20(11-9-17)24-15-26(29-23-7-5-4-6-22(23)28-24)31-16-25(30)27-21-13-18(2)12-19(3)14-21/h4-14H,15-16H2,1-3H3,(H,27,30). The molecule has 1 aliphatic heterocycles. The van der Waals surface area contributed by atoms with E-state index < -0.39 is 0 Å². The van der Waals surface area contributed by atoms with Gasteiger partial charge < -0.3 is 5.32 Å². The molecular formula is C26H25N3OS. The molecule has 156 valence electrons. The van der Waals surface area contributed by atoms with Crippen LogP contribution < -0.4 is 5.32 Å². The Morgan fingerprint density at radius 3 is 2.19 bits per heavy atom. The van der Waals surface area contributed by atoms with Gasteiger partial charge in [-0.05, 0) is 61.7 Å². The number of amides is 1. The minimum Gasteiger partial charge on any atom is -0.325 e. The number of carbonyl (C=O) groups excluding carboxylic acids is 1. The van der Waals surface area contributed by atoms with Crippen molar-refractivity contribution in [3.63, 3.8) is 0 Å². The average molecular weight is 428 g/mol. The summed E-state index contributed by atoms with van der Waals surface area (Å²) >= 11 is 1.47. The van der Waals surface area contributed by atoms with Gasteiger partial charge in [-0.15, -0.1) is 11.8 Å². The van der Waals surface area contributed by atoms with Crippen molar-refractivity contribution in [3.8, 4) is 0 Å². The number of carbonyl (C=O) groups is 1. The van der Waals surface area contributed by atoms with Gasteiger partial charge in [0.05, 0.1) is 27.9 Å². The topological polar surface area (TPSA) is 53.8 Å². The first kappa shape index (κ1) is 21.1. The molecule has 5 heteroatoms. The Hall–Kier alpha value is -3.18. The summed E-state index contributed by atoms with van der Waals surface area (Å²) in [7, 11) is 0. The van der Waals surface area contributed by atoms with Crippen LogP contribution in [0.15, 0.2) is 76.7 Å². The number of anilines is 1. The molecule has 1 aliphatic rings. The van der Waals surface area contributed by atoms with Gasteiger partial charge in [0.25, 0.3) is 0 Å². The molecule has 3 aromatic carbocycles. The van der Waals surface area contributed by atoms with E-state index in [-0.39, 0.29) is 5.91 Å². The number of para-hydroxylation sites is 2. The molecular weight excluding hydrogens is 402 g/mol. The van der Waals surface area contributed by atoms with Gasteiger partial charge in [-0.2, -0.15) is 0 Å². The first-order valence-electron chi connectivity index (χ1n) is 10.3. The molecule has 1 heterocycles. The fraction of sp³-hybridized carbons (Fsp3) is 0.192. The first-order chi connectivity index (χ1) is 15.0.